The van der Waals surface area contributed by atoms with E-state index in [0.29, 0.717) is 12.1 Å². The van der Waals surface area contributed by atoms with Crippen LogP contribution in [-0.2, 0) is 0 Å². The molecule has 5 rings (SSSR count). The number of piperidine rings is 1. The molecule has 0 saturated carbocycles. The average molecular weight is 397 g/mol. The number of carbonyl (C=O) groups is 1. The number of anilines is 2. The van der Waals surface area contributed by atoms with Crippen molar-refractivity contribution in [2.24, 2.45) is 0 Å². The van der Waals surface area contributed by atoms with Gasteiger partial charge in [-0.15, -0.1) is 10.2 Å². The Morgan fingerprint density at radius 3 is 2.63 bits per heavy atom. The Balaban J connectivity index is 1.39. The van der Waals surface area contributed by atoms with E-state index < -0.39 is 0 Å². The lowest BCUT2D eigenvalue weighted by atomic mass is 9.96. The molecule has 0 spiro atoms. The van der Waals surface area contributed by atoms with Gasteiger partial charge < -0.3 is 10.2 Å². The zero-order chi connectivity index (χ0) is 20.3. The highest BCUT2D eigenvalue weighted by Crippen LogP contribution is 2.29. The predicted octanol–water partition coefficient (Wildman–Crippen LogP) is 4.49. The first kappa shape index (κ1) is 18.4. The SMILES string of the molecule is O=C(c1ccccc1Nc1ccccc1)N1CCCC(c2nnc3ccccn23)C1. The molecule has 0 radical (unpaired) electrons. The molecule has 0 bridgehead atoms. The minimum Gasteiger partial charge on any atom is -0.355 e. The summed E-state index contributed by atoms with van der Waals surface area (Å²) in [5, 5.41) is 12.1. The molecule has 2 aromatic carbocycles. The van der Waals surface area contributed by atoms with E-state index in [4.69, 9.17) is 0 Å². The molecule has 0 aliphatic carbocycles. The Morgan fingerprint density at radius 2 is 1.73 bits per heavy atom. The van der Waals surface area contributed by atoms with Gasteiger partial charge in [0.2, 0.25) is 0 Å². The number of rotatable bonds is 4. The van der Waals surface area contributed by atoms with Gasteiger partial charge in [-0.25, -0.2) is 0 Å². The molecule has 6 nitrogen and oxygen atoms in total. The second-order valence-electron chi connectivity index (χ2n) is 7.61. The molecule has 1 aliphatic rings. The fraction of sp³-hybridized carbons (Fsp3) is 0.208. The minimum atomic E-state index is 0.0487. The molecule has 1 atom stereocenters. The number of hydrogen-bond donors (Lipinski definition) is 1. The van der Waals surface area contributed by atoms with Crippen LogP contribution in [0.1, 0.15) is 34.9 Å². The summed E-state index contributed by atoms with van der Waals surface area (Å²) >= 11 is 0. The van der Waals surface area contributed by atoms with Crippen molar-refractivity contribution in [2.45, 2.75) is 18.8 Å². The number of fused-ring (bicyclic) bond motifs is 1. The molecule has 1 fully saturated rings. The van der Waals surface area contributed by atoms with Crippen LogP contribution < -0.4 is 5.32 Å². The standard InChI is InChI=1S/C24H23N5O/c30-24(20-12-4-5-13-21(20)25-19-10-2-1-3-11-19)28-15-8-9-18(17-28)23-27-26-22-14-6-7-16-29(22)23/h1-7,10-14,16,18,25H,8-9,15,17H2. The molecule has 1 N–H and O–H groups in total. The zero-order valence-electron chi connectivity index (χ0n) is 16.6. The molecule has 6 heteroatoms. The lowest BCUT2D eigenvalue weighted by Crippen LogP contribution is -2.39. The second kappa shape index (κ2) is 7.99. The molecule has 1 amide bonds. The first-order chi connectivity index (χ1) is 14.8. The van der Waals surface area contributed by atoms with Crippen molar-refractivity contribution in [1.29, 1.82) is 0 Å². The quantitative estimate of drug-likeness (QED) is 0.551. The number of nitrogens with one attached hydrogen (secondary N) is 1. The Morgan fingerprint density at radius 1 is 0.933 bits per heavy atom. The monoisotopic (exact) mass is 397 g/mol. The average Bonchev–Trinajstić information content (AvgIpc) is 3.24. The Labute approximate surface area is 175 Å². The van der Waals surface area contributed by atoms with Gasteiger partial charge in [0.05, 0.1) is 11.3 Å². The van der Waals surface area contributed by atoms with Crippen LogP contribution in [0.2, 0.25) is 0 Å². The van der Waals surface area contributed by atoms with Crippen LogP contribution in [-0.4, -0.2) is 38.5 Å². The van der Waals surface area contributed by atoms with Gasteiger partial charge in [0.25, 0.3) is 5.91 Å². The van der Waals surface area contributed by atoms with Gasteiger partial charge in [0.1, 0.15) is 5.82 Å². The highest BCUT2D eigenvalue weighted by Gasteiger charge is 2.29. The lowest BCUT2D eigenvalue weighted by molar-refractivity contribution is 0.0705. The maximum atomic E-state index is 13.4. The Bertz CT molecular complexity index is 1170. The summed E-state index contributed by atoms with van der Waals surface area (Å²) in [4.78, 5) is 15.4. The number of nitrogens with zero attached hydrogens (tertiary/aromatic N) is 4. The first-order valence-corrected chi connectivity index (χ1v) is 10.3. The van der Waals surface area contributed by atoms with Crippen LogP contribution in [0, 0.1) is 0 Å². The van der Waals surface area contributed by atoms with Crippen molar-refractivity contribution >= 4 is 22.9 Å². The predicted molar refractivity (Wildman–Crippen MR) is 117 cm³/mol. The summed E-state index contributed by atoms with van der Waals surface area (Å²) in [7, 11) is 0. The van der Waals surface area contributed by atoms with Crippen LogP contribution in [0.3, 0.4) is 0 Å². The molecule has 1 aliphatic heterocycles. The molecule has 4 aromatic rings. The molecule has 30 heavy (non-hydrogen) atoms. The number of para-hydroxylation sites is 2. The summed E-state index contributed by atoms with van der Waals surface area (Å²) < 4.78 is 2.03. The van der Waals surface area contributed by atoms with Crippen LogP contribution in [0.25, 0.3) is 5.65 Å². The van der Waals surface area contributed by atoms with Gasteiger partial charge in [-0.3, -0.25) is 9.20 Å². The number of pyridine rings is 1. The third-order valence-electron chi connectivity index (χ3n) is 5.62. The molecule has 3 heterocycles. The number of hydrogen-bond acceptors (Lipinski definition) is 4. The zero-order valence-corrected chi connectivity index (χ0v) is 16.6. The summed E-state index contributed by atoms with van der Waals surface area (Å²) in [6, 6.07) is 23.5. The van der Waals surface area contributed by atoms with Crippen LogP contribution in [0.5, 0.6) is 0 Å². The van der Waals surface area contributed by atoms with E-state index in [-0.39, 0.29) is 11.8 Å². The third kappa shape index (κ3) is 3.52. The third-order valence-corrected chi connectivity index (χ3v) is 5.62. The molecule has 2 aromatic heterocycles. The molecule has 1 saturated heterocycles. The molecule has 150 valence electrons. The van der Waals surface area contributed by atoms with E-state index in [2.05, 4.69) is 15.5 Å². The highest BCUT2D eigenvalue weighted by molar-refractivity contribution is 6.00. The number of carbonyl (C=O) groups excluding carboxylic acids is 1. The maximum absolute atomic E-state index is 13.4. The molecular weight excluding hydrogens is 374 g/mol. The number of likely N-dealkylation sites (tertiary alicyclic amines) is 1. The molecule has 1 unspecified atom stereocenters. The topological polar surface area (TPSA) is 62.5 Å². The van der Waals surface area contributed by atoms with Gasteiger partial charge in [-0.05, 0) is 49.2 Å². The van der Waals surface area contributed by atoms with Crippen LogP contribution in [0.15, 0.2) is 79.0 Å². The number of amides is 1. The fourth-order valence-corrected chi connectivity index (χ4v) is 4.14. The van der Waals surface area contributed by atoms with Crippen molar-refractivity contribution in [1.82, 2.24) is 19.5 Å². The van der Waals surface area contributed by atoms with Crippen molar-refractivity contribution in [3.05, 3.63) is 90.4 Å². The van der Waals surface area contributed by atoms with Crippen molar-refractivity contribution < 1.29 is 4.79 Å². The Kier molecular flexibility index (Phi) is 4.89. The van der Waals surface area contributed by atoms with Gasteiger partial charge >= 0.3 is 0 Å². The smallest absolute Gasteiger partial charge is 0.255 e. The van der Waals surface area contributed by atoms with Crippen LogP contribution >= 0.6 is 0 Å². The highest BCUT2D eigenvalue weighted by atomic mass is 16.2. The van der Waals surface area contributed by atoms with Crippen LogP contribution in [0.4, 0.5) is 11.4 Å². The fourth-order valence-electron chi connectivity index (χ4n) is 4.14. The lowest BCUT2D eigenvalue weighted by Gasteiger charge is -2.32. The van der Waals surface area contributed by atoms with Crippen molar-refractivity contribution in [2.75, 3.05) is 18.4 Å². The van der Waals surface area contributed by atoms with E-state index in [1.165, 1.54) is 0 Å². The summed E-state index contributed by atoms with van der Waals surface area (Å²) in [5.41, 5.74) is 3.31. The van der Waals surface area contributed by atoms with Gasteiger partial charge in [0, 0.05) is 30.9 Å². The largest absolute Gasteiger partial charge is 0.355 e. The number of aromatic nitrogens is 3. The summed E-state index contributed by atoms with van der Waals surface area (Å²) in [6.45, 7) is 1.40. The van der Waals surface area contributed by atoms with E-state index in [1.54, 1.807) is 0 Å². The normalized spacial score (nSPS) is 16.5. The summed E-state index contributed by atoms with van der Waals surface area (Å²) in [6.07, 6.45) is 3.94. The van der Waals surface area contributed by atoms with E-state index in [9.17, 15) is 4.79 Å². The van der Waals surface area contributed by atoms with Gasteiger partial charge in [-0.1, -0.05) is 36.4 Å². The van der Waals surface area contributed by atoms with Crippen molar-refractivity contribution in [3.63, 3.8) is 0 Å². The van der Waals surface area contributed by atoms with E-state index in [1.807, 2.05) is 88.3 Å². The first-order valence-electron chi connectivity index (χ1n) is 10.3. The van der Waals surface area contributed by atoms with E-state index >= 15 is 0 Å². The summed E-state index contributed by atoms with van der Waals surface area (Å²) in [5.74, 6) is 1.15. The Hall–Kier alpha value is -3.67. The minimum absolute atomic E-state index is 0.0487. The second-order valence-corrected chi connectivity index (χ2v) is 7.61. The van der Waals surface area contributed by atoms with Gasteiger partial charge in [0.15, 0.2) is 5.65 Å². The maximum Gasteiger partial charge on any atom is 0.255 e. The van der Waals surface area contributed by atoms with Crippen molar-refractivity contribution in [3.8, 4) is 0 Å². The molecular formula is C24H23N5O. The van der Waals surface area contributed by atoms with Gasteiger partial charge in [-0.2, -0.15) is 0 Å². The van der Waals surface area contributed by atoms with E-state index in [0.717, 1.165) is 42.2 Å². The number of benzene rings is 2.